The Labute approximate surface area is 101 Å². The summed E-state index contributed by atoms with van der Waals surface area (Å²) in [6, 6.07) is 0. The molecular formula is C12H27NO2S. The molecule has 0 aliphatic carbocycles. The summed E-state index contributed by atoms with van der Waals surface area (Å²) in [7, 11) is -2.89. The normalized spacial score (nSPS) is 15.1. The first-order chi connectivity index (χ1) is 7.19. The lowest BCUT2D eigenvalue weighted by atomic mass is 9.92. The van der Waals surface area contributed by atoms with Crippen LogP contribution in [0.5, 0.6) is 0 Å². The van der Waals surface area contributed by atoms with Gasteiger partial charge in [0.25, 0.3) is 0 Å². The maximum atomic E-state index is 11.7. The van der Waals surface area contributed by atoms with Crippen molar-refractivity contribution in [3.05, 3.63) is 0 Å². The van der Waals surface area contributed by atoms with Crippen LogP contribution in [0.3, 0.4) is 0 Å². The van der Waals surface area contributed by atoms with Crippen LogP contribution in [0.1, 0.15) is 47.5 Å². The molecule has 0 aromatic heterocycles. The first kappa shape index (κ1) is 15.9. The zero-order valence-electron chi connectivity index (χ0n) is 11.3. The summed E-state index contributed by atoms with van der Waals surface area (Å²) >= 11 is 0. The van der Waals surface area contributed by atoms with E-state index in [4.69, 9.17) is 0 Å². The van der Waals surface area contributed by atoms with E-state index in [0.29, 0.717) is 18.4 Å². The van der Waals surface area contributed by atoms with E-state index in [1.54, 1.807) is 6.92 Å². The molecule has 0 spiro atoms. The fourth-order valence-corrected chi connectivity index (χ4v) is 2.60. The predicted octanol–water partition coefficient (Wildman–Crippen LogP) is 2.23. The van der Waals surface area contributed by atoms with Gasteiger partial charge in [-0.2, -0.15) is 0 Å². The molecule has 0 amide bonds. The van der Waals surface area contributed by atoms with Gasteiger partial charge in [-0.1, -0.05) is 27.7 Å². The quantitative estimate of drug-likeness (QED) is 0.704. The van der Waals surface area contributed by atoms with Crippen LogP contribution >= 0.6 is 0 Å². The molecule has 0 saturated heterocycles. The molecule has 1 unspecified atom stereocenters. The van der Waals surface area contributed by atoms with Gasteiger partial charge in [0.05, 0.1) is 11.0 Å². The van der Waals surface area contributed by atoms with Crippen molar-refractivity contribution >= 4 is 9.84 Å². The highest BCUT2D eigenvalue weighted by molar-refractivity contribution is 7.92. The molecule has 0 aliphatic heterocycles. The molecule has 98 valence electrons. The van der Waals surface area contributed by atoms with Gasteiger partial charge in [-0.3, -0.25) is 0 Å². The van der Waals surface area contributed by atoms with Crippen molar-refractivity contribution in [2.75, 3.05) is 18.8 Å². The molecule has 0 aromatic rings. The second-order valence-electron chi connectivity index (χ2n) is 5.65. The second kappa shape index (κ2) is 6.60. The third kappa shape index (κ3) is 7.23. The van der Waals surface area contributed by atoms with Gasteiger partial charge in [-0.15, -0.1) is 0 Å². The monoisotopic (exact) mass is 249 g/mol. The van der Waals surface area contributed by atoms with E-state index < -0.39 is 9.84 Å². The molecule has 0 fully saturated rings. The van der Waals surface area contributed by atoms with Gasteiger partial charge in [0, 0.05) is 6.54 Å². The molecule has 1 atom stereocenters. The highest BCUT2D eigenvalue weighted by Gasteiger charge is 2.18. The zero-order chi connectivity index (χ0) is 12.8. The van der Waals surface area contributed by atoms with E-state index in [9.17, 15) is 8.42 Å². The van der Waals surface area contributed by atoms with Gasteiger partial charge >= 0.3 is 0 Å². The second-order valence-corrected chi connectivity index (χ2v) is 8.19. The minimum Gasteiger partial charge on any atom is -0.316 e. The fourth-order valence-electron chi connectivity index (χ4n) is 1.26. The van der Waals surface area contributed by atoms with Crippen LogP contribution in [0.25, 0.3) is 0 Å². The van der Waals surface area contributed by atoms with Gasteiger partial charge < -0.3 is 5.32 Å². The smallest absolute Gasteiger partial charge is 0.154 e. The minimum absolute atomic E-state index is 0.211. The van der Waals surface area contributed by atoms with Crippen molar-refractivity contribution in [2.45, 2.75) is 52.7 Å². The Morgan fingerprint density at radius 1 is 1.19 bits per heavy atom. The lowest BCUT2D eigenvalue weighted by Crippen LogP contribution is -2.30. The summed E-state index contributed by atoms with van der Waals surface area (Å²) < 4.78 is 23.4. The van der Waals surface area contributed by atoms with Gasteiger partial charge in [-0.25, -0.2) is 8.42 Å². The zero-order valence-corrected chi connectivity index (χ0v) is 12.2. The number of rotatable bonds is 7. The summed E-state index contributed by atoms with van der Waals surface area (Å²) in [5, 5.41) is 2.99. The Hall–Kier alpha value is -0.0900. The Bertz CT molecular complexity index is 278. The van der Waals surface area contributed by atoms with Crippen LogP contribution in [0.2, 0.25) is 0 Å². The number of nitrogens with one attached hydrogen (secondary N) is 1. The predicted molar refractivity (Wildman–Crippen MR) is 70.5 cm³/mol. The van der Waals surface area contributed by atoms with Crippen LogP contribution in [0.15, 0.2) is 0 Å². The third-order valence-electron chi connectivity index (χ3n) is 2.80. The van der Waals surface area contributed by atoms with E-state index in [2.05, 4.69) is 26.1 Å². The highest BCUT2D eigenvalue weighted by Crippen LogP contribution is 2.16. The van der Waals surface area contributed by atoms with E-state index in [0.717, 1.165) is 13.0 Å². The first-order valence-electron chi connectivity index (χ1n) is 6.11. The molecule has 3 nitrogen and oxygen atoms in total. The third-order valence-corrected chi connectivity index (χ3v) is 5.14. The molecule has 0 heterocycles. The van der Waals surface area contributed by atoms with Crippen LogP contribution in [0.4, 0.5) is 0 Å². The topological polar surface area (TPSA) is 46.2 Å². The SMILES string of the molecule is CCC(C)S(=O)(=O)CCNCCC(C)(C)C. The molecule has 0 aromatic carbocycles. The highest BCUT2D eigenvalue weighted by atomic mass is 32.2. The van der Waals surface area contributed by atoms with Gasteiger partial charge in [0.15, 0.2) is 9.84 Å². The van der Waals surface area contributed by atoms with E-state index >= 15 is 0 Å². The molecule has 0 rings (SSSR count). The van der Waals surface area contributed by atoms with Crippen molar-refractivity contribution < 1.29 is 8.42 Å². The van der Waals surface area contributed by atoms with Gasteiger partial charge in [-0.05, 0) is 31.7 Å². The van der Waals surface area contributed by atoms with Crippen LogP contribution in [-0.2, 0) is 9.84 Å². The van der Waals surface area contributed by atoms with Gasteiger partial charge in [0.1, 0.15) is 0 Å². The first-order valence-corrected chi connectivity index (χ1v) is 7.83. The van der Waals surface area contributed by atoms with Crippen LogP contribution < -0.4 is 5.32 Å². The molecule has 0 radical (unpaired) electrons. The van der Waals surface area contributed by atoms with Crippen molar-refractivity contribution in [1.82, 2.24) is 5.32 Å². The lowest BCUT2D eigenvalue weighted by molar-refractivity contribution is 0.369. The van der Waals surface area contributed by atoms with Crippen molar-refractivity contribution in [2.24, 2.45) is 5.41 Å². The largest absolute Gasteiger partial charge is 0.316 e. The number of hydrogen-bond acceptors (Lipinski definition) is 3. The molecule has 0 bridgehead atoms. The summed E-state index contributed by atoms with van der Waals surface area (Å²) in [6.45, 7) is 11.7. The van der Waals surface area contributed by atoms with Crippen LogP contribution in [0, 0.1) is 5.41 Å². The lowest BCUT2D eigenvalue weighted by Gasteiger charge is -2.18. The molecule has 4 heteroatoms. The summed E-state index contributed by atoms with van der Waals surface area (Å²) in [6.07, 6.45) is 1.76. The van der Waals surface area contributed by atoms with Crippen molar-refractivity contribution in [1.29, 1.82) is 0 Å². The summed E-state index contributed by atoms with van der Waals surface area (Å²) in [5.41, 5.74) is 0.308. The maximum absolute atomic E-state index is 11.7. The van der Waals surface area contributed by atoms with Crippen molar-refractivity contribution in [3.8, 4) is 0 Å². The fraction of sp³-hybridized carbons (Fsp3) is 1.00. The number of sulfone groups is 1. The maximum Gasteiger partial charge on any atom is 0.154 e. The number of hydrogen-bond donors (Lipinski definition) is 1. The Morgan fingerprint density at radius 2 is 1.75 bits per heavy atom. The Kier molecular flexibility index (Phi) is 6.56. The molecule has 16 heavy (non-hydrogen) atoms. The summed E-state index contributed by atoms with van der Waals surface area (Å²) in [5.74, 6) is 0.256. The van der Waals surface area contributed by atoms with Crippen molar-refractivity contribution in [3.63, 3.8) is 0 Å². The minimum atomic E-state index is -2.89. The van der Waals surface area contributed by atoms with Gasteiger partial charge in [0.2, 0.25) is 0 Å². The van der Waals surface area contributed by atoms with Crippen LogP contribution in [-0.4, -0.2) is 32.5 Å². The molecule has 1 N–H and O–H groups in total. The summed E-state index contributed by atoms with van der Waals surface area (Å²) in [4.78, 5) is 0. The standard InChI is InChI=1S/C12H27NO2S/c1-6-11(2)16(14,15)10-9-13-8-7-12(3,4)5/h11,13H,6-10H2,1-5H3. The molecular weight excluding hydrogens is 222 g/mol. The Balaban J connectivity index is 3.75. The van der Waals surface area contributed by atoms with E-state index in [1.165, 1.54) is 0 Å². The molecule has 0 saturated carbocycles. The average Bonchev–Trinajstić information content (AvgIpc) is 2.14. The van der Waals surface area contributed by atoms with E-state index in [-0.39, 0.29) is 11.0 Å². The van der Waals surface area contributed by atoms with E-state index in [1.807, 2.05) is 6.92 Å². The molecule has 0 aliphatic rings. The Morgan fingerprint density at radius 3 is 2.19 bits per heavy atom. The average molecular weight is 249 g/mol.